The third-order valence-corrected chi connectivity index (χ3v) is 2.52. The lowest BCUT2D eigenvalue weighted by Gasteiger charge is -2.24. The first-order valence-electron chi connectivity index (χ1n) is 6.03. The molecule has 0 saturated carbocycles. The Balaban J connectivity index is 0.000000606. The van der Waals surface area contributed by atoms with E-state index in [0.717, 1.165) is 12.8 Å². The van der Waals surface area contributed by atoms with E-state index in [4.69, 9.17) is 4.74 Å². The second-order valence-electron chi connectivity index (χ2n) is 3.65. The van der Waals surface area contributed by atoms with Gasteiger partial charge in [-0.25, -0.2) is 0 Å². The highest BCUT2D eigenvalue weighted by Gasteiger charge is 2.16. The zero-order valence-corrected chi connectivity index (χ0v) is 10.4. The standard InChI is InChI=1S/C12H15NO.C2H6/c1-10-4-2-3-5-12(10)14-11-6-8-13-9-7-11;1-2/h2-4,6,8-9,11-12H,5,7H2,1H3;1-2H3. The van der Waals surface area contributed by atoms with E-state index in [-0.39, 0.29) is 12.2 Å². The van der Waals surface area contributed by atoms with Gasteiger partial charge in [0.1, 0.15) is 0 Å². The molecule has 2 aliphatic rings. The number of aliphatic imine (C=N–C) groups is 1. The first-order chi connectivity index (χ1) is 7.86. The molecule has 2 heteroatoms. The molecule has 0 N–H and O–H groups in total. The molecule has 0 saturated heterocycles. The van der Waals surface area contributed by atoms with E-state index in [2.05, 4.69) is 30.1 Å². The lowest BCUT2D eigenvalue weighted by Crippen LogP contribution is -2.23. The van der Waals surface area contributed by atoms with Gasteiger partial charge in [0.05, 0.1) is 12.2 Å². The Hall–Kier alpha value is -1.15. The minimum atomic E-state index is 0.201. The minimum Gasteiger partial charge on any atom is -0.366 e. The molecule has 2 unspecified atom stereocenters. The normalized spacial score (nSPS) is 27.1. The fourth-order valence-electron chi connectivity index (χ4n) is 1.64. The number of nitrogens with zero attached hydrogens (tertiary/aromatic N) is 1. The molecule has 0 fully saturated rings. The van der Waals surface area contributed by atoms with Crippen LogP contribution in [-0.2, 0) is 4.74 Å². The fourth-order valence-corrected chi connectivity index (χ4v) is 1.64. The van der Waals surface area contributed by atoms with Crippen molar-refractivity contribution in [3.63, 3.8) is 0 Å². The van der Waals surface area contributed by atoms with Gasteiger partial charge in [0.25, 0.3) is 0 Å². The van der Waals surface area contributed by atoms with E-state index in [0.29, 0.717) is 0 Å². The summed E-state index contributed by atoms with van der Waals surface area (Å²) in [4.78, 5) is 4.03. The molecule has 16 heavy (non-hydrogen) atoms. The first-order valence-corrected chi connectivity index (χ1v) is 6.03. The maximum absolute atomic E-state index is 5.95. The van der Waals surface area contributed by atoms with Gasteiger partial charge in [-0.1, -0.05) is 32.1 Å². The van der Waals surface area contributed by atoms with Gasteiger partial charge in [-0.05, 0) is 25.0 Å². The van der Waals surface area contributed by atoms with Crippen LogP contribution in [0.1, 0.15) is 33.6 Å². The lowest BCUT2D eigenvalue weighted by molar-refractivity contribution is 0.0397. The smallest absolute Gasteiger partial charge is 0.0831 e. The third-order valence-electron chi connectivity index (χ3n) is 2.52. The van der Waals surface area contributed by atoms with Crippen molar-refractivity contribution in [2.45, 2.75) is 45.8 Å². The van der Waals surface area contributed by atoms with Crippen molar-refractivity contribution in [1.82, 2.24) is 0 Å². The number of hydrogen-bond acceptors (Lipinski definition) is 2. The van der Waals surface area contributed by atoms with E-state index in [9.17, 15) is 0 Å². The van der Waals surface area contributed by atoms with Gasteiger partial charge in [0.2, 0.25) is 0 Å². The number of allylic oxidation sites excluding steroid dienone is 2. The van der Waals surface area contributed by atoms with Crippen molar-refractivity contribution >= 4 is 6.21 Å². The molecular weight excluding hydrogens is 198 g/mol. The summed E-state index contributed by atoms with van der Waals surface area (Å²) in [5, 5.41) is 0. The van der Waals surface area contributed by atoms with E-state index >= 15 is 0 Å². The quantitative estimate of drug-likeness (QED) is 0.694. The van der Waals surface area contributed by atoms with Crippen molar-refractivity contribution in [3.05, 3.63) is 36.1 Å². The molecule has 2 nitrogen and oxygen atoms in total. The van der Waals surface area contributed by atoms with Gasteiger partial charge in [-0.15, -0.1) is 0 Å². The Labute approximate surface area is 98.4 Å². The Morgan fingerprint density at radius 1 is 1.31 bits per heavy atom. The van der Waals surface area contributed by atoms with Gasteiger partial charge in [-0.2, -0.15) is 0 Å². The van der Waals surface area contributed by atoms with Crippen LogP contribution in [0.3, 0.4) is 0 Å². The Bertz CT molecular complexity index is 313. The van der Waals surface area contributed by atoms with Crippen molar-refractivity contribution in [2.75, 3.05) is 0 Å². The van der Waals surface area contributed by atoms with Crippen molar-refractivity contribution in [3.8, 4) is 0 Å². The van der Waals surface area contributed by atoms with Crippen LogP contribution in [0, 0.1) is 0 Å². The SMILES string of the molecule is CC.CC1=CC=CCC1OC1C=CN=CC1. The number of hydrogen-bond donors (Lipinski definition) is 0. The van der Waals surface area contributed by atoms with Crippen LogP contribution in [0.2, 0.25) is 0 Å². The van der Waals surface area contributed by atoms with Crippen LogP contribution in [0.4, 0.5) is 0 Å². The maximum Gasteiger partial charge on any atom is 0.0831 e. The largest absolute Gasteiger partial charge is 0.366 e. The van der Waals surface area contributed by atoms with Crippen LogP contribution in [0.5, 0.6) is 0 Å². The van der Waals surface area contributed by atoms with Crippen molar-refractivity contribution in [1.29, 1.82) is 0 Å². The van der Waals surface area contributed by atoms with E-state index < -0.39 is 0 Å². The molecule has 0 bridgehead atoms. The molecule has 1 heterocycles. The monoisotopic (exact) mass is 219 g/mol. The second-order valence-corrected chi connectivity index (χ2v) is 3.65. The van der Waals surface area contributed by atoms with Crippen LogP contribution < -0.4 is 0 Å². The zero-order valence-electron chi connectivity index (χ0n) is 10.4. The summed E-state index contributed by atoms with van der Waals surface area (Å²) < 4.78 is 5.95. The van der Waals surface area contributed by atoms with Crippen LogP contribution in [0.15, 0.2) is 41.1 Å². The Morgan fingerprint density at radius 2 is 2.12 bits per heavy atom. The molecule has 0 aromatic rings. The van der Waals surface area contributed by atoms with Crippen LogP contribution in [-0.4, -0.2) is 18.4 Å². The molecule has 88 valence electrons. The van der Waals surface area contributed by atoms with Crippen LogP contribution in [0.25, 0.3) is 0 Å². The van der Waals surface area contributed by atoms with Gasteiger partial charge in [0, 0.05) is 18.8 Å². The average Bonchev–Trinajstić information content (AvgIpc) is 2.36. The second kappa shape index (κ2) is 7.18. The fraction of sp³-hybridized carbons (Fsp3) is 0.500. The highest BCUT2D eigenvalue weighted by Crippen LogP contribution is 2.19. The van der Waals surface area contributed by atoms with Gasteiger partial charge in [0.15, 0.2) is 0 Å². The molecule has 0 amide bonds. The van der Waals surface area contributed by atoms with E-state index in [1.165, 1.54) is 5.57 Å². The Kier molecular flexibility index (Phi) is 5.79. The Morgan fingerprint density at radius 3 is 2.75 bits per heavy atom. The predicted octanol–water partition coefficient (Wildman–Crippen LogP) is 3.66. The molecule has 0 aromatic carbocycles. The first kappa shape index (κ1) is 12.9. The molecule has 0 spiro atoms. The summed E-state index contributed by atoms with van der Waals surface area (Å²) in [6.45, 7) is 6.12. The molecular formula is C14H21NO. The topological polar surface area (TPSA) is 21.6 Å². The highest BCUT2D eigenvalue weighted by molar-refractivity contribution is 5.60. The number of rotatable bonds is 2. The number of ether oxygens (including phenoxy) is 1. The van der Waals surface area contributed by atoms with E-state index in [1.54, 1.807) is 0 Å². The molecule has 1 aliphatic carbocycles. The summed E-state index contributed by atoms with van der Waals surface area (Å²) in [7, 11) is 0. The summed E-state index contributed by atoms with van der Waals surface area (Å²) in [6.07, 6.45) is 14.4. The van der Waals surface area contributed by atoms with Gasteiger partial charge >= 0.3 is 0 Å². The van der Waals surface area contributed by atoms with Gasteiger partial charge < -0.3 is 4.74 Å². The van der Waals surface area contributed by atoms with Gasteiger partial charge in [-0.3, -0.25) is 4.99 Å². The molecule has 2 atom stereocenters. The third kappa shape index (κ3) is 3.78. The molecule has 0 radical (unpaired) electrons. The zero-order chi connectivity index (χ0) is 11.8. The maximum atomic E-state index is 5.95. The molecule has 1 aliphatic heterocycles. The van der Waals surface area contributed by atoms with Crippen molar-refractivity contribution in [2.24, 2.45) is 4.99 Å². The minimum absolute atomic E-state index is 0.201. The summed E-state index contributed by atoms with van der Waals surface area (Å²) >= 11 is 0. The van der Waals surface area contributed by atoms with Crippen LogP contribution >= 0.6 is 0 Å². The summed E-state index contributed by atoms with van der Waals surface area (Å²) in [5.74, 6) is 0. The van der Waals surface area contributed by atoms with Crippen molar-refractivity contribution < 1.29 is 4.74 Å². The summed E-state index contributed by atoms with van der Waals surface area (Å²) in [6, 6.07) is 0. The van der Waals surface area contributed by atoms with E-state index in [1.807, 2.05) is 32.3 Å². The predicted molar refractivity (Wildman–Crippen MR) is 69.8 cm³/mol. The molecule has 0 aromatic heterocycles. The summed E-state index contributed by atoms with van der Waals surface area (Å²) in [5.41, 5.74) is 1.31. The average molecular weight is 219 g/mol. The highest BCUT2D eigenvalue weighted by atomic mass is 16.5. The lowest BCUT2D eigenvalue weighted by atomic mass is 10.0. The molecule has 2 rings (SSSR count).